The maximum Gasteiger partial charge on any atom is 0.0900 e. The van der Waals surface area contributed by atoms with Crippen molar-refractivity contribution < 1.29 is 0 Å². The van der Waals surface area contributed by atoms with Crippen LogP contribution in [0.3, 0.4) is 0 Å². The Hall–Kier alpha value is -2.74. The molecular weight excluding hydrogens is 256 g/mol. The highest BCUT2D eigenvalue weighted by Crippen LogP contribution is 2.23. The zero-order valence-corrected chi connectivity index (χ0v) is 11.7. The van der Waals surface area contributed by atoms with Crippen LogP contribution in [-0.2, 0) is 0 Å². The van der Waals surface area contributed by atoms with Crippen LogP contribution in [0.1, 0.15) is 5.56 Å². The average molecular weight is 270 g/mol. The van der Waals surface area contributed by atoms with Gasteiger partial charge in [0, 0.05) is 5.56 Å². The van der Waals surface area contributed by atoms with Crippen LogP contribution < -0.4 is 0 Å². The molecule has 0 amide bonds. The van der Waals surface area contributed by atoms with Gasteiger partial charge < -0.3 is 0 Å². The highest BCUT2D eigenvalue weighted by molar-refractivity contribution is 5.95. The first kappa shape index (κ1) is 12.0. The summed E-state index contributed by atoms with van der Waals surface area (Å²) in [6, 6.07) is 20.9. The van der Waals surface area contributed by atoms with Crippen molar-refractivity contribution in [3.8, 4) is 11.3 Å². The molecule has 0 atom stereocenters. The van der Waals surface area contributed by atoms with Crippen LogP contribution in [0.15, 0.2) is 66.9 Å². The molecule has 4 aromatic rings. The van der Waals surface area contributed by atoms with E-state index in [9.17, 15) is 0 Å². The number of aromatic nitrogens is 2. The Labute approximate surface area is 123 Å². The number of hydrogen-bond acceptors (Lipinski definition) is 2. The molecule has 3 aromatic carbocycles. The van der Waals surface area contributed by atoms with Crippen LogP contribution in [0, 0.1) is 6.92 Å². The third-order valence-corrected chi connectivity index (χ3v) is 3.76. The zero-order valence-electron chi connectivity index (χ0n) is 11.7. The lowest BCUT2D eigenvalue weighted by atomic mass is 10.1. The molecule has 100 valence electrons. The van der Waals surface area contributed by atoms with Crippen LogP contribution in [0.4, 0.5) is 0 Å². The molecule has 0 aliphatic carbocycles. The van der Waals surface area contributed by atoms with E-state index in [0.717, 1.165) is 22.3 Å². The van der Waals surface area contributed by atoms with Crippen molar-refractivity contribution in [2.24, 2.45) is 0 Å². The number of benzene rings is 3. The minimum absolute atomic E-state index is 0.915. The Balaban J connectivity index is 1.92. The van der Waals surface area contributed by atoms with E-state index in [1.54, 1.807) is 0 Å². The molecule has 0 unspecified atom stereocenters. The van der Waals surface area contributed by atoms with Crippen molar-refractivity contribution in [2.75, 3.05) is 0 Å². The van der Waals surface area contributed by atoms with E-state index in [-0.39, 0.29) is 0 Å². The molecule has 21 heavy (non-hydrogen) atoms. The standard InChI is InChI=1S/C19H14N2/c1-13-6-8-14(9-7-13)19-12-20-17-10-15-4-2-3-5-16(15)11-18(17)21-19/h2-12H,1H3. The quantitative estimate of drug-likeness (QED) is 0.466. The van der Waals surface area contributed by atoms with Gasteiger partial charge in [-0.1, -0.05) is 54.1 Å². The van der Waals surface area contributed by atoms with Gasteiger partial charge in [0.1, 0.15) is 0 Å². The van der Waals surface area contributed by atoms with E-state index in [4.69, 9.17) is 4.98 Å². The Morgan fingerprint density at radius 3 is 2.14 bits per heavy atom. The normalized spacial score (nSPS) is 11.1. The molecule has 0 saturated carbocycles. The molecule has 0 bridgehead atoms. The second-order valence-corrected chi connectivity index (χ2v) is 5.31. The lowest BCUT2D eigenvalue weighted by Crippen LogP contribution is -1.89. The molecule has 1 heterocycles. The Bertz CT molecular complexity index is 940. The molecule has 0 aliphatic rings. The molecule has 2 heteroatoms. The van der Waals surface area contributed by atoms with Gasteiger partial charge in [-0.25, -0.2) is 4.98 Å². The highest BCUT2D eigenvalue weighted by atomic mass is 14.8. The van der Waals surface area contributed by atoms with E-state index >= 15 is 0 Å². The van der Waals surface area contributed by atoms with Gasteiger partial charge in [0.25, 0.3) is 0 Å². The summed E-state index contributed by atoms with van der Waals surface area (Å²) in [5, 5.41) is 2.39. The molecule has 0 N–H and O–H groups in total. The van der Waals surface area contributed by atoms with Crippen molar-refractivity contribution in [3.05, 3.63) is 72.4 Å². The maximum atomic E-state index is 4.76. The van der Waals surface area contributed by atoms with Gasteiger partial charge in [-0.2, -0.15) is 0 Å². The first-order valence-corrected chi connectivity index (χ1v) is 7.02. The fourth-order valence-corrected chi connectivity index (χ4v) is 2.56. The molecule has 2 nitrogen and oxygen atoms in total. The third-order valence-electron chi connectivity index (χ3n) is 3.76. The molecule has 0 spiro atoms. The molecule has 0 aliphatic heterocycles. The monoisotopic (exact) mass is 270 g/mol. The zero-order chi connectivity index (χ0) is 14.2. The van der Waals surface area contributed by atoms with Crippen molar-refractivity contribution >= 4 is 21.8 Å². The van der Waals surface area contributed by atoms with Crippen LogP contribution >= 0.6 is 0 Å². The van der Waals surface area contributed by atoms with Crippen LogP contribution in [0.5, 0.6) is 0 Å². The smallest absolute Gasteiger partial charge is 0.0900 e. The van der Waals surface area contributed by atoms with Crippen LogP contribution in [-0.4, -0.2) is 9.97 Å². The topological polar surface area (TPSA) is 25.8 Å². The average Bonchev–Trinajstić information content (AvgIpc) is 2.53. The third kappa shape index (κ3) is 2.15. The Morgan fingerprint density at radius 1 is 0.762 bits per heavy atom. The predicted octanol–water partition coefficient (Wildman–Crippen LogP) is 4.76. The number of nitrogens with zero attached hydrogens (tertiary/aromatic N) is 2. The van der Waals surface area contributed by atoms with Crippen molar-refractivity contribution in [3.63, 3.8) is 0 Å². The lowest BCUT2D eigenvalue weighted by Gasteiger charge is -2.05. The lowest BCUT2D eigenvalue weighted by molar-refractivity contribution is 1.29. The van der Waals surface area contributed by atoms with Crippen molar-refractivity contribution in [2.45, 2.75) is 6.92 Å². The van der Waals surface area contributed by atoms with Gasteiger partial charge in [-0.05, 0) is 29.8 Å². The summed E-state index contributed by atoms with van der Waals surface area (Å²) in [4.78, 5) is 9.33. The van der Waals surface area contributed by atoms with Crippen LogP contribution in [0.2, 0.25) is 0 Å². The van der Waals surface area contributed by atoms with E-state index < -0.39 is 0 Å². The van der Waals surface area contributed by atoms with Gasteiger partial charge in [-0.3, -0.25) is 4.98 Å². The molecule has 4 rings (SSSR count). The van der Waals surface area contributed by atoms with E-state index in [0.29, 0.717) is 0 Å². The Morgan fingerprint density at radius 2 is 1.43 bits per heavy atom. The van der Waals surface area contributed by atoms with E-state index in [1.165, 1.54) is 16.3 Å². The summed E-state index contributed by atoms with van der Waals surface area (Å²) in [7, 11) is 0. The number of hydrogen-bond donors (Lipinski definition) is 0. The van der Waals surface area contributed by atoms with Gasteiger partial charge in [0.15, 0.2) is 0 Å². The molecular formula is C19H14N2. The fraction of sp³-hybridized carbons (Fsp3) is 0.0526. The second-order valence-electron chi connectivity index (χ2n) is 5.31. The molecule has 1 aromatic heterocycles. The van der Waals surface area contributed by atoms with E-state index in [2.05, 4.69) is 60.4 Å². The molecule has 0 radical (unpaired) electrons. The Kier molecular flexibility index (Phi) is 2.68. The first-order chi connectivity index (χ1) is 10.3. The summed E-state index contributed by atoms with van der Waals surface area (Å²) < 4.78 is 0. The van der Waals surface area contributed by atoms with Gasteiger partial charge >= 0.3 is 0 Å². The summed E-state index contributed by atoms with van der Waals surface area (Å²) >= 11 is 0. The number of fused-ring (bicyclic) bond motifs is 2. The fourth-order valence-electron chi connectivity index (χ4n) is 2.56. The summed E-state index contributed by atoms with van der Waals surface area (Å²) in [6.45, 7) is 2.09. The minimum Gasteiger partial charge on any atom is -0.252 e. The molecule has 0 saturated heterocycles. The van der Waals surface area contributed by atoms with Crippen molar-refractivity contribution in [1.82, 2.24) is 9.97 Å². The largest absolute Gasteiger partial charge is 0.252 e. The highest BCUT2D eigenvalue weighted by Gasteiger charge is 2.04. The number of aryl methyl sites for hydroxylation is 1. The maximum absolute atomic E-state index is 4.76. The summed E-state index contributed by atoms with van der Waals surface area (Å²) in [5.74, 6) is 0. The molecule has 0 fully saturated rings. The minimum atomic E-state index is 0.915. The van der Waals surface area contributed by atoms with E-state index in [1.807, 2.05) is 18.3 Å². The number of rotatable bonds is 1. The predicted molar refractivity (Wildman–Crippen MR) is 87.2 cm³/mol. The van der Waals surface area contributed by atoms with Gasteiger partial charge in [0.05, 0.1) is 22.9 Å². The second kappa shape index (κ2) is 4.67. The van der Waals surface area contributed by atoms with Crippen LogP contribution in [0.25, 0.3) is 33.1 Å². The SMILES string of the molecule is Cc1ccc(-c2cnc3cc4ccccc4cc3n2)cc1. The van der Waals surface area contributed by atoms with Gasteiger partial charge in [0.2, 0.25) is 0 Å². The first-order valence-electron chi connectivity index (χ1n) is 7.02. The van der Waals surface area contributed by atoms with Gasteiger partial charge in [-0.15, -0.1) is 0 Å². The van der Waals surface area contributed by atoms with Crippen molar-refractivity contribution in [1.29, 1.82) is 0 Å². The summed E-state index contributed by atoms with van der Waals surface area (Å²) in [6.07, 6.45) is 1.85. The summed E-state index contributed by atoms with van der Waals surface area (Å²) in [5.41, 5.74) is 5.13.